The summed E-state index contributed by atoms with van der Waals surface area (Å²) in [6, 6.07) is 18.6. The Kier molecular flexibility index (Phi) is 5.34. The van der Waals surface area contributed by atoms with Gasteiger partial charge >= 0.3 is 0 Å². The summed E-state index contributed by atoms with van der Waals surface area (Å²) in [5.74, 6) is 0.349. The molecular formula is C20H19N3O3. The van der Waals surface area contributed by atoms with Crippen molar-refractivity contribution in [3.8, 4) is 11.5 Å². The van der Waals surface area contributed by atoms with Crippen molar-refractivity contribution >= 4 is 28.6 Å². The van der Waals surface area contributed by atoms with E-state index < -0.39 is 0 Å². The number of ether oxygens (including phenoxy) is 1. The zero-order valence-electron chi connectivity index (χ0n) is 14.3. The lowest BCUT2D eigenvalue weighted by Gasteiger charge is -2.09. The predicted molar refractivity (Wildman–Crippen MR) is 103 cm³/mol. The van der Waals surface area contributed by atoms with Gasteiger partial charge in [-0.25, -0.2) is 5.43 Å². The number of nitrogens with zero attached hydrogens (tertiary/aromatic N) is 1. The number of aromatic hydroxyl groups is 1. The molecular weight excluding hydrogens is 330 g/mol. The first-order chi connectivity index (χ1) is 12.7. The molecule has 0 saturated carbocycles. The van der Waals surface area contributed by atoms with Gasteiger partial charge in [-0.05, 0) is 29.7 Å². The number of hydrogen-bond donors (Lipinski definition) is 3. The van der Waals surface area contributed by atoms with Crippen LogP contribution >= 0.6 is 0 Å². The van der Waals surface area contributed by atoms with Crippen LogP contribution in [-0.4, -0.2) is 30.9 Å². The molecule has 3 aromatic carbocycles. The fourth-order valence-electron chi connectivity index (χ4n) is 2.53. The molecule has 0 unspecified atom stereocenters. The summed E-state index contributed by atoms with van der Waals surface area (Å²) in [6.07, 6.45) is 1.37. The van der Waals surface area contributed by atoms with Crippen LogP contribution in [0, 0.1) is 0 Å². The van der Waals surface area contributed by atoms with Crippen molar-refractivity contribution in [3.63, 3.8) is 0 Å². The lowest BCUT2D eigenvalue weighted by molar-refractivity contribution is -0.119. The summed E-state index contributed by atoms with van der Waals surface area (Å²) < 4.78 is 5.09. The van der Waals surface area contributed by atoms with Crippen LogP contribution in [0.5, 0.6) is 11.5 Å². The average Bonchev–Trinajstić information content (AvgIpc) is 2.67. The first kappa shape index (κ1) is 17.3. The third kappa shape index (κ3) is 4.10. The van der Waals surface area contributed by atoms with Gasteiger partial charge in [0.2, 0.25) is 0 Å². The minimum Gasteiger partial charge on any atom is -0.507 e. The Hall–Kier alpha value is -3.54. The number of phenolic OH excluding ortho intramolecular Hbond substituents is 1. The quantitative estimate of drug-likeness (QED) is 0.472. The highest BCUT2D eigenvalue weighted by Crippen LogP contribution is 2.23. The molecule has 0 aliphatic rings. The normalized spacial score (nSPS) is 10.8. The van der Waals surface area contributed by atoms with Crippen LogP contribution in [-0.2, 0) is 4.79 Å². The van der Waals surface area contributed by atoms with E-state index in [1.54, 1.807) is 12.1 Å². The number of benzene rings is 3. The zero-order chi connectivity index (χ0) is 18.4. The summed E-state index contributed by atoms with van der Waals surface area (Å²) in [6.45, 7) is 0.0788. The van der Waals surface area contributed by atoms with Crippen molar-refractivity contribution in [3.05, 3.63) is 66.2 Å². The SMILES string of the molecule is COc1ccc(O)c(/C=N/NC(=O)CNc2cccc3ccccc23)c1. The first-order valence-electron chi connectivity index (χ1n) is 8.08. The third-order valence-corrected chi connectivity index (χ3v) is 3.86. The number of carbonyl (C=O) groups is 1. The van der Waals surface area contributed by atoms with Crippen molar-refractivity contribution in [1.29, 1.82) is 0 Å². The number of nitrogens with one attached hydrogen (secondary N) is 2. The molecule has 0 aliphatic carbocycles. The summed E-state index contributed by atoms with van der Waals surface area (Å²) in [4.78, 5) is 12.0. The summed E-state index contributed by atoms with van der Waals surface area (Å²) in [7, 11) is 1.54. The van der Waals surface area contributed by atoms with E-state index in [1.807, 2.05) is 42.5 Å². The van der Waals surface area contributed by atoms with Crippen molar-refractivity contribution in [2.75, 3.05) is 19.0 Å². The highest BCUT2D eigenvalue weighted by Gasteiger charge is 2.04. The standard InChI is InChI=1S/C20H19N3O3/c1-26-16-9-10-19(24)15(11-16)12-22-23-20(25)13-21-18-8-4-6-14-5-2-3-7-17(14)18/h2-12,21,24H,13H2,1H3,(H,23,25)/b22-12+. The molecule has 3 N–H and O–H groups in total. The topological polar surface area (TPSA) is 83.0 Å². The Morgan fingerprint density at radius 2 is 1.96 bits per heavy atom. The van der Waals surface area contributed by atoms with E-state index in [1.165, 1.54) is 19.4 Å². The Bertz CT molecular complexity index is 949. The summed E-state index contributed by atoms with van der Waals surface area (Å²) >= 11 is 0. The molecule has 0 fully saturated rings. The van der Waals surface area contributed by atoms with E-state index in [-0.39, 0.29) is 18.2 Å². The van der Waals surface area contributed by atoms with Gasteiger partial charge in [-0.1, -0.05) is 36.4 Å². The molecule has 0 spiro atoms. The second-order valence-electron chi connectivity index (χ2n) is 5.60. The number of phenols is 1. The summed E-state index contributed by atoms with van der Waals surface area (Å²) in [5, 5.41) is 18.9. The number of amides is 1. The molecule has 0 radical (unpaired) electrons. The lowest BCUT2D eigenvalue weighted by atomic mass is 10.1. The highest BCUT2D eigenvalue weighted by molar-refractivity contribution is 5.95. The smallest absolute Gasteiger partial charge is 0.259 e. The fourth-order valence-corrected chi connectivity index (χ4v) is 2.53. The van der Waals surface area contributed by atoms with Crippen LogP contribution in [0.3, 0.4) is 0 Å². The molecule has 0 atom stereocenters. The van der Waals surface area contributed by atoms with Crippen LogP contribution < -0.4 is 15.5 Å². The number of hydrogen-bond acceptors (Lipinski definition) is 5. The van der Waals surface area contributed by atoms with Gasteiger partial charge in [0.05, 0.1) is 19.9 Å². The first-order valence-corrected chi connectivity index (χ1v) is 8.08. The van der Waals surface area contributed by atoms with Crippen LogP contribution in [0.2, 0.25) is 0 Å². The van der Waals surface area contributed by atoms with E-state index in [9.17, 15) is 9.90 Å². The van der Waals surface area contributed by atoms with Crippen molar-refractivity contribution < 1.29 is 14.6 Å². The predicted octanol–water partition coefficient (Wildman–Crippen LogP) is 3.12. The molecule has 0 bridgehead atoms. The van der Waals surface area contributed by atoms with Crippen molar-refractivity contribution in [2.24, 2.45) is 5.10 Å². The van der Waals surface area contributed by atoms with Gasteiger partial charge in [-0.15, -0.1) is 0 Å². The van der Waals surface area contributed by atoms with Gasteiger partial charge in [0.15, 0.2) is 0 Å². The maximum absolute atomic E-state index is 12.0. The monoisotopic (exact) mass is 349 g/mol. The molecule has 6 heteroatoms. The Labute approximate surface area is 151 Å². The van der Waals surface area contributed by atoms with E-state index in [0.29, 0.717) is 11.3 Å². The van der Waals surface area contributed by atoms with Gasteiger partial charge < -0.3 is 15.2 Å². The molecule has 0 aromatic heterocycles. The zero-order valence-corrected chi connectivity index (χ0v) is 14.3. The number of hydrazone groups is 1. The Balaban J connectivity index is 1.59. The third-order valence-electron chi connectivity index (χ3n) is 3.86. The Morgan fingerprint density at radius 1 is 1.15 bits per heavy atom. The molecule has 0 aliphatic heterocycles. The van der Waals surface area contributed by atoms with Crippen LogP contribution in [0.25, 0.3) is 10.8 Å². The average molecular weight is 349 g/mol. The van der Waals surface area contributed by atoms with E-state index in [0.717, 1.165) is 16.5 Å². The van der Waals surface area contributed by atoms with Gasteiger partial charge in [0.25, 0.3) is 5.91 Å². The molecule has 6 nitrogen and oxygen atoms in total. The maximum Gasteiger partial charge on any atom is 0.259 e. The van der Waals surface area contributed by atoms with Crippen LogP contribution in [0.1, 0.15) is 5.56 Å². The van der Waals surface area contributed by atoms with Gasteiger partial charge in [0.1, 0.15) is 11.5 Å². The second-order valence-corrected chi connectivity index (χ2v) is 5.60. The van der Waals surface area contributed by atoms with Crippen LogP contribution in [0.15, 0.2) is 65.8 Å². The molecule has 0 heterocycles. The molecule has 3 aromatic rings. The van der Waals surface area contributed by atoms with Crippen molar-refractivity contribution in [1.82, 2.24) is 5.43 Å². The van der Waals surface area contributed by atoms with E-state index in [2.05, 4.69) is 15.8 Å². The summed E-state index contributed by atoms with van der Waals surface area (Å²) in [5.41, 5.74) is 3.76. The molecule has 132 valence electrons. The number of methoxy groups -OCH3 is 1. The van der Waals surface area contributed by atoms with Crippen molar-refractivity contribution in [2.45, 2.75) is 0 Å². The number of carbonyl (C=O) groups excluding carboxylic acids is 1. The second kappa shape index (κ2) is 8.02. The Morgan fingerprint density at radius 3 is 2.81 bits per heavy atom. The molecule has 1 amide bonds. The highest BCUT2D eigenvalue weighted by atomic mass is 16.5. The van der Waals surface area contributed by atoms with Crippen LogP contribution in [0.4, 0.5) is 5.69 Å². The number of fused-ring (bicyclic) bond motifs is 1. The number of anilines is 1. The van der Waals surface area contributed by atoms with E-state index >= 15 is 0 Å². The minimum atomic E-state index is -0.295. The molecule has 0 saturated heterocycles. The minimum absolute atomic E-state index is 0.0534. The maximum atomic E-state index is 12.0. The lowest BCUT2D eigenvalue weighted by Crippen LogP contribution is -2.25. The molecule has 3 rings (SSSR count). The fraction of sp³-hybridized carbons (Fsp3) is 0.100. The van der Waals surface area contributed by atoms with Gasteiger partial charge in [0, 0.05) is 16.6 Å². The molecule has 26 heavy (non-hydrogen) atoms. The van der Waals surface area contributed by atoms with Gasteiger partial charge in [-0.2, -0.15) is 5.10 Å². The van der Waals surface area contributed by atoms with E-state index in [4.69, 9.17) is 4.74 Å². The number of rotatable bonds is 6. The van der Waals surface area contributed by atoms with Gasteiger partial charge in [-0.3, -0.25) is 4.79 Å². The largest absolute Gasteiger partial charge is 0.507 e.